The minimum atomic E-state index is -0.152. The zero-order valence-corrected chi connectivity index (χ0v) is 39.6. The van der Waals surface area contributed by atoms with Crippen molar-refractivity contribution in [3.63, 3.8) is 0 Å². The molecule has 2 aromatic carbocycles. The molecule has 0 aliphatic carbocycles. The fourth-order valence-corrected chi connectivity index (χ4v) is 6.08. The van der Waals surface area contributed by atoms with E-state index in [0.717, 1.165) is 75.3 Å². The summed E-state index contributed by atoms with van der Waals surface area (Å²) in [7, 11) is 0. The Kier molecular flexibility index (Phi) is 28.6. The van der Waals surface area contributed by atoms with Gasteiger partial charge in [0.1, 0.15) is 0 Å². The van der Waals surface area contributed by atoms with E-state index < -0.39 is 0 Å². The summed E-state index contributed by atoms with van der Waals surface area (Å²) in [4.78, 5) is 25.0. The number of nitrogens with two attached hydrogens (primary N) is 8. The Balaban J connectivity index is 0.000000660. The summed E-state index contributed by atoms with van der Waals surface area (Å²) in [5.41, 5.74) is 49.2. The lowest BCUT2D eigenvalue weighted by Gasteiger charge is -2.11. The second kappa shape index (κ2) is 33.2. The van der Waals surface area contributed by atoms with Crippen LogP contribution in [0.3, 0.4) is 0 Å². The van der Waals surface area contributed by atoms with E-state index in [-0.39, 0.29) is 35.7 Å². The van der Waals surface area contributed by atoms with Gasteiger partial charge in [-0.05, 0) is 83.4 Å². The summed E-state index contributed by atoms with van der Waals surface area (Å²) in [5.74, 6) is 1.95. The van der Waals surface area contributed by atoms with Crippen molar-refractivity contribution in [3.05, 3.63) is 58.7 Å². The van der Waals surface area contributed by atoms with Crippen LogP contribution in [0.15, 0.2) is 77.2 Å². The maximum absolute atomic E-state index is 12.5. The lowest BCUT2D eigenvalue weighted by Crippen LogP contribution is -2.22. The first-order valence-electron chi connectivity index (χ1n) is 22.3. The van der Waals surface area contributed by atoms with Gasteiger partial charge in [-0.2, -0.15) is 20.4 Å². The first kappa shape index (κ1) is 56.7. The number of hydrogen-bond acceptors (Lipinski definition) is 10. The van der Waals surface area contributed by atoms with E-state index in [4.69, 9.17) is 52.3 Å². The van der Waals surface area contributed by atoms with Crippen molar-refractivity contribution in [1.29, 1.82) is 0 Å². The minimum absolute atomic E-state index is 0.0401. The molecule has 0 saturated heterocycles. The summed E-state index contributed by atoms with van der Waals surface area (Å²) in [5, 5.41) is 36.7. The van der Waals surface area contributed by atoms with E-state index in [9.17, 15) is 9.59 Å². The van der Waals surface area contributed by atoms with Crippen LogP contribution in [0.5, 0.6) is 0 Å². The molecule has 0 bridgehead atoms. The van der Waals surface area contributed by atoms with Crippen LogP contribution in [0.1, 0.15) is 166 Å². The van der Waals surface area contributed by atoms with Crippen LogP contribution < -0.4 is 56.5 Å². The quantitative estimate of drug-likeness (QED) is 0.0176. The molecule has 18 N–H and O–H groups in total. The lowest BCUT2D eigenvalue weighted by atomic mass is 10.0. The summed E-state index contributed by atoms with van der Waals surface area (Å²) < 4.78 is 0. The van der Waals surface area contributed by atoms with Crippen molar-refractivity contribution < 1.29 is 9.59 Å². The third-order valence-electron chi connectivity index (χ3n) is 9.60. The van der Waals surface area contributed by atoms with Crippen LogP contribution in [0.25, 0.3) is 0 Å². The highest BCUT2D eigenvalue weighted by molar-refractivity contribution is 6.07. The van der Waals surface area contributed by atoms with Crippen LogP contribution in [-0.2, 0) is 9.59 Å². The molecule has 2 rings (SSSR count). The summed E-state index contributed by atoms with van der Waals surface area (Å²) in [6, 6.07) is 10.9. The van der Waals surface area contributed by atoms with Crippen LogP contribution >= 0.6 is 0 Å². The Morgan fingerprint density at radius 1 is 0.439 bits per heavy atom. The molecule has 20 heteroatoms. The largest absolute Gasteiger partial charge is 0.369 e. The molecule has 0 spiro atoms. The molecule has 0 aromatic heterocycles. The number of terminal acetylenes is 1. The van der Waals surface area contributed by atoms with Gasteiger partial charge in [0, 0.05) is 52.9 Å². The third kappa shape index (κ3) is 27.0. The van der Waals surface area contributed by atoms with Crippen molar-refractivity contribution in [2.75, 3.05) is 10.6 Å². The zero-order chi connectivity index (χ0) is 49.3. The van der Waals surface area contributed by atoms with E-state index in [1.807, 2.05) is 24.3 Å². The van der Waals surface area contributed by atoms with Gasteiger partial charge < -0.3 is 56.5 Å². The van der Waals surface area contributed by atoms with E-state index in [1.54, 1.807) is 39.8 Å². The second-order valence-electron chi connectivity index (χ2n) is 15.6. The summed E-state index contributed by atoms with van der Waals surface area (Å²) in [6.45, 7) is 9.25. The van der Waals surface area contributed by atoms with Crippen molar-refractivity contribution >= 4 is 69.9 Å². The van der Waals surface area contributed by atoms with Crippen molar-refractivity contribution in [3.8, 4) is 12.3 Å². The van der Waals surface area contributed by atoms with Crippen LogP contribution in [-0.4, -0.2) is 58.5 Å². The standard InChI is InChI=1S/C23H39N9O.C23H35N9O/c2*1-4-5-6-7-8-9-10-11-12-21(33)28-20-14-18(16(2)29-31-22(24)25)13-19(15-20)17(3)30-32-23(26)27/h13-15H,4-12H2,1-3H3,(H,28,33)(H4,24,25,31)(H4,26,27,32);1,13-15H,5-12H2,2-3H3,(H,28,33)(H4,24,25,31)(H4,26,27,32)/b2*29-16+,30-17+. The van der Waals surface area contributed by atoms with Crippen LogP contribution in [0.4, 0.5) is 11.4 Å². The SMILES string of the molecule is C#CCCCCCCCCC(=O)Nc1cc(/C(C)=N/N=C(N)N)cc(/C(C)=N/N=C(N)N)c1.CCCCCCCCCCC(=O)Nc1cc(/C(C)=N/N=C(N)N)cc(/C(C)=N/N=C(N)N)c1. The normalized spacial score (nSPS) is 11.6. The van der Waals surface area contributed by atoms with E-state index >= 15 is 0 Å². The molecule has 0 unspecified atom stereocenters. The number of unbranched alkanes of at least 4 members (excludes halogenated alkanes) is 13. The molecule has 0 saturated carbocycles. The molecule has 66 heavy (non-hydrogen) atoms. The Bertz CT molecular complexity index is 2020. The van der Waals surface area contributed by atoms with Gasteiger partial charge in [0.2, 0.25) is 35.7 Å². The molecule has 360 valence electrons. The van der Waals surface area contributed by atoms with Crippen LogP contribution in [0.2, 0.25) is 0 Å². The van der Waals surface area contributed by atoms with Gasteiger partial charge in [0.25, 0.3) is 0 Å². The number of benzene rings is 2. The molecular formula is C46H74N18O2. The molecule has 0 fully saturated rings. The van der Waals surface area contributed by atoms with Gasteiger partial charge >= 0.3 is 0 Å². The molecule has 2 aromatic rings. The van der Waals surface area contributed by atoms with E-state index in [0.29, 0.717) is 58.2 Å². The van der Waals surface area contributed by atoms with E-state index in [1.165, 1.54) is 32.1 Å². The van der Waals surface area contributed by atoms with Crippen molar-refractivity contribution in [2.45, 2.75) is 144 Å². The van der Waals surface area contributed by atoms with E-state index in [2.05, 4.69) is 64.3 Å². The topological polar surface area (TPSA) is 365 Å². The number of amides is 2. The summed E-state index contributed by atoms with van der Waals surface area (Å²) in [6.07, 6.45) is 22.7. The molecule has 0 aliphatic heterocycles. The van der Waals surface area contributed by atoms with Gasteiger partial charge in [0.15, 0.2) is 0 Å². The average molecular weight is 911 g/mol. The molecule has 0 radical (unpaired) electrons. The molecule has 0 heterocycles. The molecule has 0 aliphatic rings. The predicted molar refractivity (Wildman–Crippen MR) is 275 cm³/mol. The highest BCUT2D eigenvalue weighted by Gasteiger charge is 2.12. The smallest absolute Gasteiger partial charge is 0.224 e. The average Bonchev–Trinajstić information content (AvgIpc) is 3.27. The first-order chi connectivity index (χ1) is 31.4. The van der Waals surface area contributed by atoms with Gasteiger partial charge in [-0.15, -0.1) is 32.7 Å². The number of hydrogen-bond donors (Lipinski definition) is 10. The Hall–Kier alpha value is -7.30. The molecule has 0 atom stereocenters. The molecule has 20 nitrogen and oxygen atoms in total. The fourth-order valence-electron chi connectivity index (χ4n) is 6.08. The number of anilines is 2. The predicted octanol–water partition coefficient (Wildman–Crippen LogP) is 5.52. The highest BCUT2D eigenvalue weighted by atomic mass is 16.2. The number of nitrogens with one attached hydrogen (secondary N) is 2. The highest BCUT2D eigenvalue weighted by Crippen LogP contribution is 2.20. The monoisotopic (exact) mass is 911 g/mol. The van der Waals surface area contributed by atoms with Crippen LogP contribution in [0, 0.1) is 12.3 Å². The number of carbonyl (C=O) groups excluding carboxylic acids is 2. The zero-order valence-electron chi connectivity index (χ0n) is 39.6. The number of rotatable bonds is 27. The van der Waals surface area contributed by atoms with Gasteiger partial charge in [-0.25, -0.2) is 0 Å². The summed E-state index contributed by atoms with van der Waals surface area (Å²) >= 11 is 0. The maximum atomic E-state index is 12.5. The molecular weight excluding hydrogens is 837 g/mol. The Labute approximate surface area is 390 Å². The third-order valence-corrected chi connectivity index (χ3v) is 9.60. The Morgan fingerprint density at radius 3 is 0.985 bits per heavy atom. The molecule has 2 amide bonds. The number of carbonyl (C=O) groups is 2. The lowest BCUT2D eigenvalue weighted by molar-refractivity contribution is -0.117. The minimum Gasteiger partial charge on any atom is -0.369 e. The fraction of sp³-hybridized carbons (Fsp3) is 0.478. The Morgan fingerprint density at radius 2 is 0.712 bits per heavy atom. The maximum Gasteiger partial charge on any atom is 0.224 e. The van der Waals surface area contributed by atoms with Gasteiger partial charge in [0.05, 0.1) is 22.8 Å². The first-order valence-corrected chi connectivity index (χ1v) is 22.3. The van der Waals surface area contributed by atoms with Crippen molar-refractivity contribution in [1.82, 2.24) is 0 Å². The van der Waals surface area contributed by atoms with Gasteiger partial charge in [-0.1, -0.05) is 77.6 Å². The second-order valence-corrected chi connectivity index (χ2v) is 15.6. The number of nitrogens with zero attached hydrogens (tertiary/aromatic N) is 8. The van der Waals surface area contributed by atoms with Gasteiger partial charge in [-0.3, -0.25) is 9.59 Å². The number of guanidine groups is 4. The van der Waals surface area contributed by atoms with Crippen molar-refractivity contribution in [2.24, 2.45) is 86.7 Å².